The Balaban J connectivity index is 0. The van der Waals surface area contributed by atoms with E-state index in [0.717, 1.165) is 25.7 Å². The zero-order valence-electron chi connectivity index (χ0n) is 28.0. The summed E-state index contributed by atoms with van der Waals surface area (Å²) in [6, 6.07) is 0. The summed E-state index contributed by atoms with van der Waals surface area (Å²) in [5.41, 5.74) is -0.402. The molecular formula is C36H75NiO3P. The molecule has 1 unspecified atom stereocenters. The molecule has 3 nitrogen and oxygen atoms in total. The van der Waals surface area contributed by atoms with Crippen molar-refractivity contribution in [2.75, 3.05) is 0 Å². The van der Waals surface area contributed by atoms with Crippen LogP contribution in [0.1, 0.15) is 226 Å². The second-order valence-corrected chi connectivity index (χ2v) is 15.0. The molecule has 0 aliphatic carbocycles. The van der Waals surface area contributed by atoms with E-state index in [1.807, 2.05) is 0 Å². The first-order valence-electron chi connectivity index (χ1n) is 18.6. The molecule has 0 saturated carbocycles. The minimum absolute atomic E-state index is 0. The average Bonchev–Trinajstić information content (AvgIpc) is 2.93. The monoisotopic (exact) mass is 644 g/mol. The third-order valence-electron chi connectivity index (χ3n) is 9.01. The van der Waals surface area contributed by atoms with E-state index in [0.29, 0.717) is 12.8 Å². The van der Waals surface area contributed by atoms with E-state index in [2.05, 4.69) is 13.8 Å². The van der Waals surface area contributed by atoms with E-state index < -0.39 is 13.3 Å². The van der Waals surface area contributed by atoms with Crippen LogP contribution in [0.2, 0.25) is 0 Å². The first-order chi connectivity index (χ1) is 19.5. The topological polar surface area (TPSA) is 57.5 Å². The molecule has 0 bridgehead atoms. The van der Waals surface area contributed by atoms with Gasteiger partial charge in [-0.2, -0.15) is 0 Å². The summed E-state index contributed by atoms with van der Waals surface area (Å²) in [4.78, 5) is 19.7. The van der Waals surface area contributed by atoms with Crippen molar-refractivity contribution in [2.45, 2.75) is 231 Å². The third-order valence-corrected chi connectivity index (χ3v) is 10.5. The van der Waals surface area contributed by atoms with Gasteiger partial charge in [-0.05, 0) is 12.8 Å². The molecule has 252 valence electrons. The predicted molar refractivity (Wildman–Crippen MR) is 180 cm³/mol. The van der Waals surface area contributed by atoms with Crippen LogP contribution >= 0.6 is 7.60 Å². The number of hydrogen-bond acceptors (Lipinski definition) is 1. The van der Waals surface area contributed by atoms with Crippen molar-refractivity contribution in [3.8, 4) is 0 Å². The van der Waals surface area contributed by atoms with Gasteiger partial charge >= 0.3 is 7.60 Å². The number of hydrogen-bond donors (Lipinski definition) is 2. The SMILES string of the molecule is CCCCCCCCCCCCCCCCCCC(CCCCCCCCCCCCCCCCC)P(=O)(O)O.[Ni]. The van der Waals surface area contributed by atoms with Crippen molar-refractivity contribution in [1.29, 1.82) is 0 Å². The Kier molecular flexibility index (Phi) is 37.5. The van der Waals surface area contributed by atoms with Crippen LogP contribution in [0.25, 0.3) is 0 Å². The van der Waals surface area contributed by atoms with Crippen molar-refractivity contribution in [2.24, 2.45) is 0 Å². The van der Waals surface area contributed by atoms with Crippen molar-refractivity contribution in [3.05, 3.63) is 0 Å². The largest absolute Gasteiger partial charge is 0.328 e. The molecule has 0 aliphatic rings. The molecule has 2 N–H and O–H groups in total. The first-order valence-corrected chi connectivity index (χ1v) is 20.3. The molecule has 5 heteroatoms. The van der Waals surface area contributed by atoms with Gasteiger partial charge in [0, 0.05) is 16.5 Å². The molecule has 41 heavy (non-hydrogen) atoms. The standard InChI is InChI=1S/C36H75O3P.Ni/c1-3-5-7-9-11-13-15-17-19-21-23-25-27-29-31-33-35-36(40(37,38)39)34-32-30-28-26-24-22-20-18-16-14-12-10-8-6-4-2;/h36H,3-35H2,1-2H3,(H2,37,38,39);. The van der Waals surface area contributed by atoms with Gasteiger partial charge in [-0.15, -0.1) is 0 Å². The van der Waals surface area contributed by atoms with E-state index in [4.69, 9.17) is 0 Å². The Morgan fingerprint density at radius 2 is 0.537 bits per heavy atom. The zero-order valence-corrected chi connectivity index (χ0v) is 29.9. The summed E-state index contributed by atoms with van der Waals surface area (Å²) in [6.07, 6.45) is 42.8. The Bertz CT molecular complexity index is 525. The van der Waals surface area contributed by atoms with Crippen LogP contribution in [0.4, 0.5) is 0 Å². The predicted octanol–water partition coefficient (Wildman–Crippen LogP) is 13.4. The maximum Gasteiger partial charge on any atom is 0.328 e. The van der Waals surface area contributed by atoms with Gasteiger partial charge < -0.3 is 9.79 Å². The van der Waals surface area contributed by atoms with Crippen LogP contribution in [0.3, 0.4) is 0 Å². The summed E-state index contributed by atoms with van der Waals surface area (Å²) in [5.74, 6) is 0. The van der Waals surface area contributed by atoms with Crippen molar-refractivity contribution < 1.29 is 30.8 Å². The van der Waals surface area contributed by atoms with Gasteiger partial charge in [0.15, 0.2) is 0 Å². The molecule has 0 aromatic rings. The Hall–Kier alpha value is 0.644. The fraction of sp³-hybridized carbons (Fsp3) is 1.00. The van der Waals surface area contributed by atoms with Gasteiger partial charge in [0.1, 0.15) is 0 Å². The summed E-state index contributed by atoms with van der Waals surface area (Å²) >= 11 is 0. The van der Waals surface area contributed by atoms with Gasteiger partial charge in [-0.1, -0.05) is 213 Å². The van der Waals surface area contributed by atoms with E-state index >= 15 is 0 Å². The zero-order chi connectivity index (χ0) is 29.4. The molecule has 0 heterocycles. The van der Waals surface area contributed by atoms with Crippen LogP contribution < -0.4 is 0 Å². The second-order valence-electron chi connectivity index (χ2n) is 13.1. The molecule has 0 rings (SSSR count). The fourth-order valence-corrected chi connectivity index (χ4v) is 7.20. The maximum atomic E-state index is 12.0. The number of unbranched alkanes of at least 4 members (excludes halogenated alkanes) is 29. The van der Waals surface area contributed by atoms with Crippen molar-refractivity contribution >= 4 is 7.60 Å². The quantitative estimate of drug-likeness (QED) is 0.0416. The summed E-state index contributed by atoms with van der Waals surface area (Å²) in [7, 11) is -3.95. The van der Waals surface area contributed by atoms with E-state index in [9.17, 15) is 14.4 Å². The summed E-state index contributed by atoms with van der Waals surface area (Å²) < 4.78 is 12.0. The average molecular weight is 646 g/mol. The van der Waals surface area contributed by atoms with E-state index in [-0.39, 0.29) is 16.5 Å². The second kappa shape index (κ2) is 35.1. The maximum absolute atomic E-state index is 12.0. The molecule has 0 fully saturated rings. The Morgan fingerprint density at radius 3 is 0.707 bits per heavy atom. The molecule has 0 spiro atoms. The fourth-order valence-electron chi connectivity index (χ4n) is 6.16. The van der Waals surface area contributed by atoms with E-state index in [1.165, 1.54) is 173 Å². The molecule has 0 radical (unpaired) electrons. The Morgan fingerprint density at radius 1 is 0.366 bits per heavy atom. The van der Waals surface area contributed by atoms with Gasteiger partial charge in [0.05, 0.1) is 5.66 Å². The van der Waals surface area contributed by atoms with Crippen LogP contribution in [-0.2, 0) is 21.1 Å². The normalized spacial score (nSPS) is 12.5. The molecule has 0 aromatic carbocycles. The van der Waals surface area contributed by atoms with Crippen LogP contribution in [0.15, 0.2) is 0 Å². The van der Waals surface area contributed by atoms with Crippen molar-refractivity contribution in [1.82, 2.24) is 0 Å². The van der Waals surface area contributed by atoms with Crippen molar-refractivity contribution in [3.63, 3.8) is 0 Å². The number of rotatable bonds is 34. The minimum atomic E-state index is -3.95. The smallest absolute Gasteiger partial charge is 0.324 e. The summed E-state index contributed by atoms with van der Waals surface area (Å²) in [5, 5.41) is 0. The van der Waals surface area contributed by atoms with Gasteiger partial charge in [-0.3, -0.25) is 4.57 Å². The molecule has 0 aliphatic heterocycles. The molecule has 0 saturated heterocycles. The molecule has 0 amide bonds. The molecule has 1 atom stereocenters. The van der Waals surface area contributed by atoms with Crippen LogP contribution in [0.5, 0.6) is 0 Å². The van der Waals surface area contributed by atoms with Crippen LogP contribution in [-0.4, -0.2) is 15.4 Å². The van der Waals surface area contributed by atoms with Crippen LogP contribution in [0, 0.1) is 0 Å². The van der Waals surface area contributed by atoms with Gasteiger partial charge in [0.2, 0.25) is 0 Å². The molecular weight excluding hydrogens is 570 g/mol. The Labute approximate surface area is 269 Å². The van der Waals surface area contributed by atoms with E-state index in [1.54, 1.807) is 0 Å². The van der Waals surface area contributed by atoms with Gasteiger partial charge in [0.25, 0.3) is 0 Å². The minimum Gasteiger partial charge on any atom is -0.324 e. The summed E-state index contributed by atoms with van der Waals surface area (Å²) in [6.45, 7) is 4.56. The van der Waals surface area contributed by atoms with Gasteiger partial charge in [-0.25, -0.2) is 0 Å². The first kappa shape index (κ1) is 43.8. The molecule has 0 aromatic heterocycles. The third kappa shape index (κ3) is 35.0.